The summed E-state index contributed by atoms with van der Waals surface area (Å²) < 4.78 is 5.41. The number of nitrogens with two attached hydrogens (primary N) is 2. The van der Waals surface area contributed by atoms with Crippen molar-refractivity contribution >= 4 is 11.8 Å². The van der Waals surface area contributed by atoms with Crippen LogP contribution >= 0.6 is 0 Å². The quantitative estimate of drug-likeness (QED) is 0.806. The van der Waals surface area contributed by atoms with Crippen LogP contribution < -0.4 is 11.5 Å². The molecule has 1 aliphatic heterocycles. The first kappa shape index (κ1) is 17.9. The van der Waals surface area contributed by atoms with E-state index in [1.165, 1.54) is 0 Å². The predicted octanol–water partition coefficient (Wildman–Crippen LogP) is 1.42. The standard InChI is InChI=1S/C18H28N4O3/c1-10(2)14(19)18(24)22-7-5-11(6-8-22)9-13-15(17(20)23)21-25-16(13)12-3-4-12/h10-12,14H,3-9,19H2,1-2H3,(H2,20,23). The molecule has 0 spiro atoms. The molecule has 0 aromatic carbocycles. The molecular weight excluding hydrogens is 320 g/mol. The minimum Gasteiger partial charge on any atom is -0.364 e. The van der Waals surface area contributed by atoms with Crippen LogP contribution in [0.3, 0.4) is 0 Å². The molecular formula is C18H28N4O3. The second kappa shape index (κ2) is 7.15. The van der Waals surface area contributed by atoms with Crippen molar-refractivity contribution in [2.75, 3.05) is 13.1 Å². The monoisotopic (exact) mass is 348 g/mol. The van der Waals surface area contributed by atoms with Crippen molar-refractivity contribution in [3.63, 3.8) is 0 Å². The van der Waals surface area contributed by atoms with Crippen LogP contribution in [0.1, 0.15) is 67.3 Å². The Labute approximate surface area is 148 Å². The second-order valence-corrected chi connectivity index (χ2v) is 7.76. The number of piperidine rings is 1. The summed E-state index contributed by atoms with van der Waals surface area (Å²) in [7, 11) is 0. The molecule has 0 bridgehead atoms. The number of primary amides is 1. The van der Waals surface area contributed by atoms with Gasteiger partial charge in [-0.1, -0.05) is 19.0 Å². The summed E-state index contributed by atoms with van der Waals surface area (Å²) in [6.07, 6.45) is 4.70. The third-order valence-corrected chi connectivity index (χ3v) is 5.42. The van der Waals surface area contributed by atoms with Gasteiger partial charge in [-0.2, -0.15) is 0 Å². The fraction of sp³-hybridized carbons (Fsp3) is 0.722. The molecule has 2 aliphatic rings. The fourth-order valence-corrected chi connectivity index (χ4v) is 3.52. The summed E-state index contributed by atoms with van der Waals surface area (Å²) >= 11 is 0. The Morgan fingerprint density at radius 3 is 2.40 bits per heavy atom. The Balaban J connectivity index is 1.62. The molecule has 138 valence electrons. The third-order valence-electron chi connectivity index (χ3n) is 5.42. The molecule has 4 N–H and O–H groups in total. The Morgan fingerprint density at radius 2 is 1.88 bits per heavy atom. The van der Waals surface area contributed by atoms with E-state index in [-0.39, 0.29) is 17.5 Å². The summed E-state index contributed by atoms with van der Waals surface area (Å²) in [5.74, 6) is 1.28. The van der Waals surface area contributed by atoms with E-state index < -0.39 is 11.9 Å². The van der Waals surface area contributed by atoms with Crippen LogP contribution in [-0.2, 0) is 11.2 Å². The Bertz CT molecular complexity index is 643. The Kier molecular flexibility index (Phi) is 5.13. The summed E-state index contributed by atoms with van der Waals surface area (Å²) in [5, 5.41) is 3.90. The topological polar surface area (TPSA) is 115 Å². The van der Waals surface area contributed by atoms with E-state index >= 15 is 0 Å². The molecule has 2 amide bonds. The minimum absolute atomic E-state index is 0.0370. The van der Waals surface area contributed by atoms with Gasteiger partial charge in [-0.05, 0) is 43.9 Å². The number of hydrogen-bond donors (Lipinski definition) is 2. The molecule has 2 fully saturated rings. The molecule has 1 unspecified atom stereocenters. The number of aromatic nitrogens is 1. The van der Waals surface area contributed by atoms with Crippen molar-refractivity contribution < 1.29 is 14.1 Å². The molecule has 1 aliphatic carbocycles. The van der Waals surface area contributed by atoms with Gasteiger partial charge in [0.2, 0.25) is 5.91 Å². The molecule has 25 heavy (non-hydrogen) atoms. The number of carbonyl (C=O) groups excluding carboxylic acids is 2. The summed E-state index contributed by atoms with van der Waals surface area (Å²) in [4.78, 5) is 25.9. The number of carbonyl (C=O) groups is 2. The highest BCUT2D eigenvalue weighted by molar-refractivity contribution is 5.92. The Hall–Kier alpha value is -1.89. The average molecular weight is 348 g/mol. The maximum Gasteiger partial charge on any atom is 0.271 e. The van der Waals surface area contributed by atoms with Gasteiger partial charge in [0.25, 0.3) is 5.91 Å². The van der Waals surface area contributed by atoms with Crippen LogP contribution in [-0.4, -0.2) is 41.0 Å². The van der Waals surface area contributed by atoms with Gasteiger partial charge in [-0.3, -0.25) is 9.59 Å². The molecule has 0 radical (unpaired) electrons. The van der Waals surface area contributed by atoms with Gasteiger partial charge in [0.15, 0.2) is 5.69 Å². The molecule has 2 heterocycles. The van der Waals surface area contributed by atoms with E-state index in [0.29, 0.717) is 24.9 Å². The van der Waals surface area contributed by atoms with Crippen LogP contribution in [0.25, 0.3) is 0 Å². The zero-order valence-electron chi connectivity index (χ0n) is 15.0. The van der Waals surface area contributed by atoms with Crippen molar-refractivity contribution in [1.82, 2.24) is 10.1 Å². The second-order valence-electron chi connectivity index (χ2n) is 7.76. The maximum absolute atomic E-state index is 12.4. The number of hydrogen-bond acceptors (Lipinski definition) is 5. The fourth-order valence-electron chi connectivity index (χ4n) is 3.52. The number of rotatable bonds is 6. The van der Waals surface area contributed by atoms with Crippen LogP contribution in [0.4, 0.5) is 0 Å². The molecule has 3 rings (SSSR count). The number of nitrogens with zero attached hydrogens (tertiary/aromatic N) is 2. The largest absolute Gasteiger partial charge is 0.364 e. The molecule has 1 aromatic rings. The molecule has 1 saturated carbocycles. The van der Waals surface area contributed by atoms with Gasteiger partial charge in [0, 0.05) is 24.6 Å². The van der Waals surface area contributed by atoms with Crippen molar-refractivity contribution in [2.24, 2.45) is 23.3 Å². The van der Waals surface area contributed by atoms with Gasteiger partial charge in [-0.15, -0.1) is 0 Å². The molecule has 1 aromatic heterocycles. The Morgan fingerprint density at radius 1 is 1.24 bits per heavy atom. The lowest BCUT2D eigenvalue weighted by Gasteiger charge is -2.34. The summed E-state index contributed by atoms with van der Waals surface area (Å²) in [6, 6.07) is -0.433. The van der Waals surface area contributed by atoms with Gasteiger partial charge >= 0.3 is 0 Å². The van der Waals surface area contributed by atoms with Gasteiger partial charge in [0.05, 0.1) is 6.04 Å². The highest BCUT2D eigenvalue weighted by atomic mass is 16.5. The first-order chi connectivity index (χ1) is 11.9. The average Bonchev–Trinajstić information content (AvgIpc) is 3.34. The first-order valence-corrected chi connectivity index (χ1v) is 9.21. The van der Waals surface area contributed by atoms with Crippen molar-refractivity contribution in [1.29, 1.82) is 0 Å². The van der Waals surface area contributed by atoms with E-state index in [1.807, 2.05) is 18.7 Å². The zero-order chi connectivity index (χ0) is 18.1. The van der Waals surface area contributed by atoms with Gasteiger partial charge in [-0.25, -0.2) is 0 Å². The smallest absolute Gasteiger partial charge is 0.271 e. The third kappa shape index (κ3) is 3.86. The lowest BCUT2D eigenvalue weighted by atomic mass is 9.88. The van der Waals surface area contributed by atoms with Crippen molar-refractivity contribution in [3.8, 4) is 0 Å². The van der Waals surface area contributed by atoms with Crippen LogP contribution in [0, 0.1) is 11.8 Å². The lowest BCUT2D eigenvalue weighted by molar-refractivity contribution is -0.134. The van der Waals surface area contributed by atoms with E-state index in [4.69, 9.17) is 16.0 Å². The van der Waals surface area contributed by atoms with Crippen LogP contribution in [0.15, 0.2) is 4.52 Å². The molecule has 7 heteroatoms. The van der Waals surface area contributed by atoms with E-state index in [9.17, 15) is 9.59 Å². The zero-order valence-corrected chi connectivity index (χ0v) is 15.0. The van der Waals surface area contributed by atoms with E-state index in [1.54, 1.807) is 0 Å². The SMILES string of the molecule is CC(C)C(N)C(=O)N1CCC(Cc2c(C(N)=O)noc2C2CC2)CC1. The van der Waals surface area contributed by atoms with Crippen molar-refractivity contribution in [2.45, 2.75) is 57.9 Å². The van der Waals surface area contributed by atoms with Crippen molar-refractivity contribution in [3.05, 3.63) is 17.0 Å². The number of likely N-dealkylation sites (tertiary alicyclic amines) is 1. The molecule has 1 atom stereocenters. The normalized spacial score (nSPS) is 20.1. The van der Waals surface area contributed by atoms with E-state index in [0.717, 1.165) is 43.4 Å². The minimum atomic E-state index is -0.527. The van der Waals surface area contributed by atoms with E-state index in [2.05, 4.69) is 5.16 Å². The maximum atomic E-state index is 12.4. The lowest BCUT2D eigenvalue weighted by Crippen LogP contribution is -2.49. The van der Waals surface area contributed by atoms with Gasteiger partial charge < -0.3 is 20.9 Å². The highest BCUT2D eigenvalue weighted by Gasteiger charge is 2.35. The summed E-state index contributed by atoms with van der Waals surface area (Å²) in [5.41, 5.74) is 12.6. The molecule has 1 saturated heterocycles. The molecule has 7 nitrogen and oxygen atoms in total. The number of amides is 2. The van der Waals surface area contributed by atoms with Crippen LogP contribution in [0.2, 0.25) is 0 Å². The highest BCUT2D eigenvalue weighted by Crippen LogP contribution is 2.43. The van der Waals surface area contributed by atoms with Gasteiger partial charge in [0.1, 0.15) is 5.76 Å². The predicted molar refractivity (Wildman–Crippen MR) is 92.8 cm³/mol. The summed E-state index contributed by atoms with van der Waals surface area (Å²) in [6.45, 7) is 5.34. The van der Waals surface area contributed by atoms with Crippen LogP contribution in [0.5, 0.6) is 0 Å². The first-order valence-electron chi connectivity index (χ1n) is 9.21.